The molecular formula is C44H32N4. The normalized spacial score (nSPS) is 20.0. The maximum absolute atomic E-state index is 5.21. The van der Waals surface area contributed by atoms with Crippen LogP contribution in [0.25, 0.3) is 57.7 Å². The molecule has 0 amide bonds. The third-order valence-electron chi connectivity index (χ3n) is 9.09. The van der Waals surface area contributed by atoms with Gasteiger partial charge in [-0.1, -0.05) is 121 Å². The predicted molar refractivity (Wildman–Crippen MR) is 200 cm³/mol. The summed E-state index contributed by atoms with van der Waals surface area (Å²) in [6.45, 7) is 0. The van der Waals surface area contributed by atoms with Gasteiger partial charge in [0.2, 0.25) is 0 Å². The molecule has 9 rings (SSSR count). The van der Waals surface area contributed by atoms with E-state index in [0.29, 0.717) is 0 Å². The van der Waals surface area contributed by atoms with Crippen molar-refractivity contribution in [2.75, 3.05) is 0 Å². The second-order valence-electron chi connectivity index (χ2n) is 12.3. The summed E-state index contributed by atoms with van der Waals surface area (Å²) in [5.74, 6) is 0. The topological polar surface area (TPSA) is 56.0 Å². The van der Waals surface area contributed by atoms with Crippen molar-refractivity contribution >= 4 is 41.2 Å². The van der Waals surface area contributed by atoms with Gasteiger partial charge in [0.05, 0.1) is 17.5 Å². The van der Waals surface area contributed by atoms with Crippen LogP contribution in [0.4, 0.5) is 0 Å². The number of aliphatic imine (C=N–C) groups is 1. The average Bonchev–Trinajstić information content (AvgIpc) is 3.92. The van der Waals surface area contributed by atoms with Crippen molar-refractivity contribution in [3.63, 3.8) is 0 Å². The van der Waals surface area contributed by atoms with Gasteiger partial charge in [-0.25, -0.2) is 4.99 Å². The van der Waals surface area contributed by atoms with E-state index in [1.165, 1.54) is 11.1 Å². The number of aromatic nitrogens is 2. The highest BCUT2D eigenvalue weighted by Gasteiger charge is 2.22. The molecule has 5 heterocycles. The molecule has 0 saturated heterocycles. The molecule has 6 aromatic rings. The smallest absolute Gasteiger partial charge is 0.0736 e. The molecule has 1 unspecified atom stereocenters. The van der Waals surface area contributed by atoms with Crippen LogP contribution in [0.15, 0.2) is 162 Å². The van der Waals surface area contributed by atoms with Crippen LogP contribution >= 0.6 is 0 Å². The van der Waals surface area contributed by atoms with E-state index < -0.39 is 0 Å². The Labute approximate surface area is 279 Å². The Balaban J connectivity index is 1.30. The van der Waals surface area contributed by atoms with Crippen molar-refractivity contribution in [3.05, 3.63) is 190 Å². The zero-order valence-corrected chi connectivity index (χ0v) is 26.2. The van der Waals surface area contributed by atoms with Gasteiger partial charge in [-0.2, -0.15) is 0 Å². The quantitative estimate of drug-likeness (QED) is 0.184. The first-order chi connectivity index (χ1) is 23.7. The SMILES string of the molecule is C1=C(c2ccccc2)C2=NC/1=C/c1cc(-c3ccccc3)c([nH]1)/C=C1\NC(C=C1c1ccccc1)/C=c1/cc(-c3ccccc3)/c([nH]1)=C\2. The number of fused-ring (bicyclic) bond motifs is 7. The van der Waals surface area contributed by atoms with Crippen LogP contribution in [0.3, 0.4) is 0 Å². The first-order valence-electron chi connectivity index (χ1n) is 16.3. The summed E-state index contributed by atoms with van der Waals surface area (Å²) in [6.07, 6.45) is 13.4. The molecule has 4 aromatic carbocycles. The molecule has 0 saturated carbocycles. The van der Waals surface area contributed by atoms with Crippen molar-refractivity contribution in [1.82, 2.24) is 15.3 Å². The predicted octanol–water partition coefficient (Wildman–Crippen LogP) is 8.23. The number of nitrogens with one attached hydrogen (secondary N) is 3. The molecule has 2 aromatic heterocycles. The first-order valence-corrected chi connectivity index (χ1v) is 16.3. The third kappa shape index (κ3) is 5.29. The van der Waals surface area contributed by atoms with E-state index in [1.54, 1.807) is 0 Å². The molecule has 3 aliphatic heterocycles. The lowest BCUT2D eigenvalue weighted by molar-refractivity contribution is 0.880. The van der Waals surface area contributed by atoms with Crippen LogP contribution in [0.5, 0.6) is 0 Å². The molecule has 0 radical (unpaired) electrons. The van der Waals surface area contributed by atoms with Gasteiger partial charge >= 0.3 is 0 Å². The molecule has 3 N–H and O–H groups in total. The monoisotopic (exact) mass is 616 g/mol. The maximum atomic E-state index is 5.21. The number of hydrogen-bond acceptors (Lipinski definition) is 2. The average molecular weight is 617 g/mol. The number of H-pyrrole nitrogens is 2. The third-order valence-corrected chi connectivity index (χ3v) is 9.09. The van der Waals surface area contributed by atoms with Crippen LogP contribution in [0.2, 0.25) is 0 Å². The molecule has 3 aliphatic rings. The Bertz CT molecular complexity index is 2440. The Kier molecular flexibility index (Phi) is 6.83. The summed E-state index contributed by atoms with van der Waals surface area (Å²) >= 11 is 0. The van der Waals surface area contributed by atoms with Crippen LogP contribution in [-0.2, 0) is 0 Å². The van der Waals surface area contributed by atoms with E-state index in [0.717, 1.165) is 72.6 Å². The van der Waals surface area contributed by atoms with Gasteiger partial charge in [-0.05, 0) is 70.8 Å². The molecule has 8 bridgehead atoms. The Morgan fingerprint density at radius 2 is 1.10 bits per heavy atom. The van der Waals surface area contributed by atoms with Gasteiger partial charge in [0, 0.05) is 50.1 Å². The van der Waals surface area contributed by atoms with E-state index in [1.807, 2.05) is 0 Å². The maximum Gasteiger partial charge on any atom is 0.0736 e. The van der Waals surface area contributed by atoms with E-state index in [-0.39, 0.29) is 6.04 Å². The van der Waals surface area contributed by atoms with Crippen LogP contribution < -0.4 is 16.0 Å². The number of rotatable bonds is 4. The molecule has 0 aliphatic carbocycles. The summed E-state index contributed by atoms with van der Waals surface area (Å²) in [6, 6.07) is 46.7. The molecule has 0 fully saturated rings. The molecule has 4 heteroatoms. The molecule has 228 valence electrons. The van der Waals surface area contributed by atoms with Gasteiger partial charge in [-0.15, -0.1) is 0 Å². The van der Waals surface area contributed by atoms with Gasteiger partial charge in [-0.3, -0.25) is 0 Å². The second kappa shape index (κ2) is 11.8. The van der Waals surface area contributed by atoms with Crippen molar-refractivity contribution in [2.24, 2.45) is 4.99 Å². The number of benzene rings is 4. The highest BCUT2D eigenvalue weighted by atomic mass is 15.0. The molecule has 4 nitrogen and oxygen atoms in total. The zero-order valence-electron chi connectivity index (χ0n) is 26.2. The molecular weight excluding hydrogens is 585 g/mol. The van der Waals surface area contributed by atoms with Gasteiger partial charge in [0.1, 0.15) is 0 Å². The van der Waals surface area contributed by atoms with Crippen molar-refractivity contribution in [3.8, 4) is 22.3 Å². The molecule has 48 heavy (non-hydrogen) atoms. The fourth-order valence-corrected chi connectivity index (χ4v) is 6.86. The van der Waals surface area contributed by atoms with E-state index in [9.17, 15) is 0 Å². The molecule has 1 atom stereocenters. The number of allylic oxidation sites excluding steroid dienone is 3. The number of aromatic amines is 2. The fourth-order valence-electron chi connectivity index (χ4n) is 6.86. The summed E-state index contributed by atoms with van der Waals surface area (Å²) in [5, 5.41) is 5.90. The lowest BCUT2D eigenvalue weighted by atomic mass is 10.0. The van der Waals surface area contributed by atoms with E-state index in [2.05, 4.69) is 185 Å². The number of hydrogen-bond donors (Lipinski definition) is 3. The van der Waals surface area contributed by atoms with Gasteiger partial charge < -0.3 is 15.3 Å². The molecule has 0 spiro atoms. The lowest BCUT2D eigenvalue weighted by Crippen LogP contribution is -2.22. The standard InChI is InChI=1S/C44H32N4/c1-5-13-29(14-6-1)37-23-33-21-34-24-39(31-17-9-3-10-18-31)43(47-34)28-44-40(32-19-11-4-12-20-32)26-36(48-44)22-35-25-38(30-15-7-2-8-16-30)42(46-35)27-41(37)45-33/h1-28,33,45-47H/b34-21-,36-22+,41-27-,43-28+. The van der Waals surface area contributed by atoms with Crippen molar-refractivity contribution in [2.45, 2.75) is 6.04 Å². The Morgan fingerprint density at radius 1 is 0.500 bits per heavy atom. The van der Waals surface area contributed by atoms with Crippen LogP contribution in [-0.4, -0.2) is 21.7 Å². The van der Waals surface area contributed by atoms with E-state index in [4.69, 9.17) is 4.99 Å². The minimum absolute atomic E-state index is 0.0146. The highest BCUT2D eigenvalue weighted by Crippen LogP contribution is 2.34. The minimum Gasteiger partial charge on any atom is -0.375 e. The largest absolute Gasteiger partial charge is 0.375 e. The van der Waals surface area contributed by atoms with Gasteiger partial charge in [0.25, 0.3) is 0 Å². The number of nitrogens with zero attached hydrogens (tertiary/aromatic N) is 1. The van der Waals surface area contributed by atoms with Crippen LogP contribution in [0, 0.1) is 0 Å². The van der Waals surface area contributed by atoms with E-state index >= 15 is 0 Å². The summed E-state index contributed by atoms with van der Waals surface area (Å²) in [4.78, 5) is 12.7. The summed E-state index contributed by atoms with van der Waals surface area (Å²) in [7, 11) is 0. The lowest BCUT2D eigenvalue weighted by Gasteiger charge is -2.10. The van der Waals surface area contributed by atoms with Crippen LogP contribution in [0.1, 0.15) is 22.5 Å². The minimum atomic E-state index is -0.0146. The zero-order chi connectivity index (χ0) is 31.9. The van der Waals surface area contributed by atoms with Crippen molar-refractivity contribution in [1.29, 1.82) is 0 Å². The second-order valence-corrected chi connectivity index (χ2v) is 12.3. The summed E-state index contributed by atoms with van der Waals surface area (Å²) < 4.78 is 0. The highest BCUT2D eigenvalue weighted by molar-refractivity contribution is 6.39. The Hall–Kier alpha value is -6.39. The van der Waals surface area contributed by atoms with Gasteiger partial charge in [0.15, 0.2) is 0 Å². The fraction of sp³-hybridized carbons (Fsp3) is 0.0227. The van der Waals surface area contributed by atoms with Crippen molar-refractivity contribution < 1.29 is 0 Å². The Morgan fingerprint density at radius 3 is 1.77 bits per heavy atom. The first kappa shape index (κ1) is 27.9. The summed E-state index contributed by atoms with van der Waals surface area (Å²) in [5.41, 5.74) is 14.1.